The van der Waals surface area contributed by atoms with Crippen molar-refractivity contribution in [2.24, 2.45) is 0 Å². The second-order valence-electron chi connectivity index (χ2n) is 3.87. The third kappa shape index (κ3) is 9.18. The molecule has 0 aromatic heterocycles. The number of hydrogen-bond donors (Lipinski definition) is 0. The van der Waals surface area contributed by atoms with Crippen molar-refractivity contribution in [2.45, 2.75) is 40.5 Å². The van der Waals surface area contributed by atoms with E-state index in [2.05, 4.69) is 0 Å². The van der Waals surface area contributed by atoms with Crippen molar-refractivity contribution in [3.8, 4) is 0 Å². The van der Waals surface area contributed by atoms with E-state index in [-0.39, 0.29) is 13.2 Å². The maximum atomic E-state index is 12.0. The summed E-state index contributed by atoms with van der Waals surface area (Å²) in [6, 6.07) is 0. The predicted octanol–water partition coefficient (Wildman–Crippen LogP) is 2.70. The third-order valence-electron chi connectivity index (χ3n) is 1.95. The van der Waals surface area contributed by atoms with Crippen molar-refractivity contribution in [2.75, 3.05) is 33.0 Å². The Bertz CT molecular complexity index is 309. The van der Waals surface area contributed by atoms with E-state index in [4.69, 9.17) is 23.2 Å². The van der Waals surface area contributed by atoms with Crippen LogP contribution < -0.4 is 0 Å². The van der Waals surface area contributed by atoms with Gasteiger partial charge in [0.1, 0.15) is 6.61 Å². The smallest absolute Gasteiger partial charge is 0.287 e. The van der Waals surface area contributed by atoms with Crippen molar-refractivity contribution in [3.63, 3.8) is 0 Å². The molecule has 0 saturated heterocycles. The first-order valence-electron chi connectivity index (χ1n) is 7.15. The summed E-state index contributed by atoms with van der Waals surface area (Å²) in [5.74, 6) is -0.614. The topological polar surface area (TPSA) is 83.5 Å². The quantitative estimate of drug-likeness (QED) is 0.380. The molecule has 126 valence electrons. The number of hydroxylamine groups is 2. The molecule has 0 aliphatic rings. The van der Waals surface area contributed by atoms with Crippen LogP contribution in [0.2, 0.25) is 0 Å². The molecular formula is C12H26NO7P. The van der Waals surface area contributed by atoms with Crippen LogP contribution in [-0.4, -0.2) is 44.2 Å². The van der Waals surface area contributed by atoms with Gasteiger partial charge in [-0.2, -0.15) is 0 Å². The van der Waals surface area contributed by atoms with Gasteiger partial charge in [-0.1, -0.05) is 19.1 Å². The van der Waals surface area contributed by atoms with Crippen molar-refractivity contribution >= 4 is 13.7 Å². The highest BCUT2D eigenvalue weighted by molar-refractivity contribution is 7.48. The maximum Gasteiger partial charge on any atom is 0.475 e. The Labute approximate surface area is 126 Å². The zero-order valence-electron chi connectivity index (χ0n) is 13.2. The highest BCUT2D eigenvalue weighted by Gasteiger charge is 2.28. The Balaban J connectivity index is 4.46. The Hall–Kier alpha value is -0.500. The average molecular weight is 327 g/mol. The summed E-state index contributed by atoms with van der Waals surface area (Å²) in [6.07, 6.45) is 1.44. The van der Waals surface area contributed by atoms with E-state index in [1.54, 1.807) is 13.8 Å². The zero-order chi connectivity index (χ0) is 16.1. The molecule has 0 heterocycles. The summed E-state index contributed by atoms with van der Waals surface area (Å²) >= 11 is 0. The van der Waals surface area contributed by atoms with Gasteiger partial charge in [-0.15, -0.1) is 0 Å². The minimum Gasteiger partial charge on any atom is -0.287 e. The molecule has 0 N–H and O–H groups in total. The summed E-state index contributed by atoms with van der Waals surface area (Å²) in [7, 11) is -3.72. The number of nitrogens with zero attached hydrogens (tertiary/aromatic N) is 1. The molecule has 1 amide bonds. The van der Waals surface area contributed by atoms with Crippen molar-refractivity contribution in [3.05, 3.63) is 0 Å². The molecule has 0 aliphatic carbocycles. The van der Waals surface area contributed by atoms with E-state index in [1.807, 2.05) is 13.8 Å². The molecule has 0 aliphatic heterocycles. The zero-order valence-corrected chi connectivity index (χ0v) is 14.1. The maximum absolute atomic E-state index is 12.0. The van der Waals surface area contributed by atoms with E-state index >= 15 is 0 Å². The monoisotopic (exact) mass is 327 g/mol. The number of carbonyl (C=O) groups excluding carboxylic acids is 1. The normalized spacial score (nSPS) is 11.6. The molecule has 0 aromatic rings. The van der Waals surface area contributed by atoms with Crippen LogP contribution in [0.15, 0.2) is 0 Å². The summed E-state index contributed by atoms with van der Waals surface area (Å²) in [4.78, 5) is 22.2. The number of phosphoric acid groups is 1. The molecule has 21 heavy (non-hydrogen) atoms. The van der Waals surface area contributed by atoms with Crippen molar-refractivity contribution < 1.29 is 32.6 Å². The van der Waals surface area contributed by atoms with Gasteiger partial charge in [-0.25, -0.2) is 14.2 Å². The summed E-state index contributed by atoms with van der Waals surface area (Å²) in [5.41, 5.74) is 0. The number of phosphoric ester groups is 1. The highest BCUT2D eigenvalue weighted by Crippen LogP contribution is 2.49. The van der Waals surface area contributed by atoms with Gasteiger partial charge in [0.15, 0.2) is 0 Å². The first kappa shape index (κ1) is 20.5. The van der Waals surface area contributed by atoms with Gasteiger partial charge >= 0.3 is 7.82 Å². The van der Waals surface area contributed by atoms with Crippen LogP contribution >= 0.6 is 7.82 Å². The van der Waals surface area contributed by atoms with Gasteiger partial charge in [-0.05, 0) is 26.7 Å². The number of carbonyl (C=O) groups is 1. The number of hydrogen-bond acceptors (Lipinski definition) is 7. The Morgan fingerprint density at radius 3 is 1.76 bits per heavy atom. The molecular weight excluding hydrogens is 301 g/mol. The highest BCUT2D eigenvalue weighted by atomic mass is 31.2. The first-order valence-corrected chi connectivity index (χ1v) is 8.61. The van der Waals surface area contributed by atoms with Gasteiger partial charge in [0, 0.05) is 0 Å². The SMILES string of the molecule is CCCON(OCCC)C(=O)COP(=O)(OCC)OCC. The van der Waals surface area contributed by atoms with E-state index in [1.165, 1.54) is 0 Å². The lowest BCUT2D eigenvalue weighted by Gasteiger charge is -2.21. The van der Waals surface area contributed by atoms with Gasteiger partial charge in [0.25, 0.3) is 5.91 Å². The molecule has 0 aromatic carbocycles. The van der Waals surface area contributed by atoms with Crippen LogP contribution in [0.25, 0.3) is 0 Å². The van der Waals surface area contributed by atoms with Crippen molar-refractivity contribution in [1.82, 2.24) is 5.23 Å². The van der Waals surface area contributed by atoms with Crippen molar-refractivity contribution in [1.29, 1.82) is 0 Å². The van der Waals surface area contributed by atoms with E-state index in [9.17, 15) is 9.36 Å². The Kier molecular flexibility index (Phi) is 11.8. The van der Waals surface area contributed by atoms with Crippen LogP contribution in [0.3, 0.4) is 0 Å². The molecule has 9 heteroatoms. The Morgan fingerprint density at radius 1 is 0.905 bits per heavy atom. The van der Waals surface area contributed by atoms with Crippen LogP contribution in [0.5, 0.6) is 0 Å². The predicted molar refractivity (Wildman–Crippen MR) is 76.1 cm³/mol. The molecule has 0 rings (SSSR count). The van der Waals surface area contributed by atoms with Gasteiger partial charge in [0.05, 0.1) is 26.4 Å². The molecule has 0 saturated carbocycles. The molecule has 0 radical (unpaired) electrons. The van der Waals surface area contributed by atoms with Gasteiger partial charge < -0.3 is 0 Å². The van der Waals surface area contributed by atoms with Crippen LogP contribution in [0, 0.1) is 0 Å². The average Bonchev–Trinajstić information content (AvgIpc) is 2.45. The lowest BCUT2D eigenvalue weighted by molar-refractivity contribution is -0.342. The Morgan fingerprint density at radius 2 is 1.38 bits per heavy atom. The minimum absolute atomic E-state index is 0.147. The third-order valence-corrected chi connectivity index (χ3v) is 3.54. The van der Waals surface area contributed by atoms with Gasteiger partial charge in [0.2, 0.25) is 0 Å². The standard InChI is InChI=1S/C12H26NO7P/c1-5-9-16-13(17-10-6-2)12(14)11-20-21(15,18-7-3)19-8-4/h5-11H2,1-4H3. The summed E-state index contributed by atoms with van der Waals surface area (Å²) in [5, 5.41) is 0.759. The molecule has 0 spiro atoms. The fourth-order valence-electron chi connectivity index (χ4n) is 1.14. The van der Waals surface area contributed by atoms with E-state index < -0.39 is 20.3 Å². The summed E-state index contributed by atoms with van der Waals surface area (Å²) in [6.45, 7) is 7.52. The number of rotatable bonds is 13. The van der Waals surface area contributed by atoms with E-state index in [0.29, 0.717) is 13.2 Å². The number of amides is 1. The fourth-order valence-corrected chi connectivity index (χ4v) is 2.27. The first-order chi connectivity index (χ1) is 10.0. The van der Waals surface area contributed by atoms with Crippen LogP contribution in [-0.2, 0) is 32.6 Å². The van der Waals surface area contributed by atoms with Gasteiger partial charge in [-0.3, -0.25) is 18.4 Å². The molecule has 8 nitrogen and oxygen atoms in total. The van der Waals surface area contributed by atoms with Crippen LogP contribution in [0.4, 0.5) is 0 Å². The molecule has 0 fully saturated rings. The fraction of sp³-hybridized carbons (Fsp3) is 0.917. The molecule has 0 unspecified atom stereocenters. The van der Waals surface area contributed by atoms with Crippen LogP contribution in [0.1, 0.15) is 40.5 Å². The lowest BCUT2D eigenvalue weighted by atomic mass is 10.5. The second kappa shape index (κ2) is 12.1. The van der Waals surface area contributed by atoms with E-state index in [0.717, 1.165) is 18.1 Å². The lowest BCUT2D eigenvalue weighted by Crippen LogP contribution is -2.34. The largest absolute Gasteiger partial charge is 0.475 e. The molecule has 0 bridgehead atoms. The summed E-state index contributed by atoms with van der Waals surface area (Å²) < 4.78 is 26.9. The second-order valence-corrected chi connectivity index (χ2v) is 5.54. The molecule has 0 atom stereocenters. The minimum atomic E-state index is -3.72.